The minimum Gasteiger partial charge on any atom is -0.478 e. The molecule has 1 rings (SSSR count). The highest BCUT2D eigenvalue weighted by Gasteiger charge is 2.12. The summed E-state index contributed by atoms with van der Waals surface area (Å²) in [5.41, 5.74) is 0.910. The summed E-state index contributed by atoms with van der Waals surface area (Å²) >= 11 is 1.30. The third-order valence-electron chi connectivity index (χ3n) is 1.95. The Balaban J connectivity index is 2.98. The van der Waals surface area contributed by atoms with E-state index in [4.69, 9.17) is 5.11 Å². The molecule has 0 bridgehead atoms. The third-order valence-corrected chi connectivity index (χ3v) is 3.14. The van der Waals surface area contributed by atoms with E-state index in [2.05, 4.69) is 0 Å². The van der Waals surface area contributed by atoms with Gasteiger partial charge in [0.25, 0.3) is 5.91 Å². The molecule has 0 fully saturated rings. The van der Waals surface area contributed by atoms with E-state index in [1.165, 1.54) is 22.3 Å². The molecule has 1 N–H and O–H groups in total. The minimum absolute atomic E-state index is 0.0666. The average molecular weight is 239 g/mol. The molecule has 0 aliphatic carbocycles. The number of hydrogen-bond acceptors (Lipinski definition) is 3. The number of hydrogen-bond donors (Lipinski definition) is 1. The van der Waals surface area contributed by atoms with Gasteiger partial charge >= 0.3 is 5.97 Å². The maximum atomic E-state index is 11.6. The second kappa shape index (κ2) is 4.94. The second-order valence-electron chi connectivity index (χ2n) is 3.53. The Hall–Kier alpha value is -1.62. The molecule has 0 atom stereocenters. The quantitative estimate of drug-likeness (QED) is 0.819. The van der Waals surface area contributed by atoms with Gasteiger partial charge in [-0.2, -0.15) is 0 Å². The van der Waals surface area contributed by atoms with E-state index < -0.39 is 5.97 Å². The summed E-state index contributed by atoms with van der Waals surface area (Å²) in [6.07, 6.45) is 2.58. The summed E-state index contributed by atoms with van der Waals surface area (Å²) in [7, 11) is 3.37. The Morgan fingerprint density at radius 1 is 1.44 bits per heavy atom. The Labute approximate surface area is 97.8 Å². The summed E-state index contributed by atoms with van der Waals surface area (Å²) in [4.78, 5) is 24.9. The molecule has 0 radical (unpaired) electrons. The van der Waals surface area contributed by atoms with Crippen LogP contribution >= 0.6 is 11.3 Å². The molecule has 0 aliphatic heterocycles. The molecule has 1 aromatic rings. The summed E-state index contributed by atoms with van der Waals surface area (Å²) < 4.78 is 0. The number of nitrogens with zero attached hydrogens (tertiary/aromatic N) is 1. The molecule has 5 heteroatoms. The van der Waals surface area contributed by atoms with Crippen LogP contribution in [-0.2, 0) is 4.79 Å². The van der Waals surface area contributed by atoms with Crippen LogP contribution in [0.3, 0.4) is 0 Å². The first-order valence-electron chi connectivity index (χ1n) is 4.65. The van der Waals surface area contributed by atoms with E-state index in [-0.39, 0.29) is 5.91 Å². The first-order valence-corrected chi connectivity index (χ1v) is 5.46. The summed E-state index contributed by atoms with van der Waals surface area (Å²) in [6.45, 7) is 1.85. The molecular formula is C11H13NO3S. The van der Waals surface area contributed by atoms with Crippen LogP contribution < -0.4 is 0 Å². The van der Waals surface area contributed by atoms with Gasteiger partial charge in [0.15, 0.2) is 0 Å². The van der Waals surface area contributed by atoms with Crippen molar-refractivity contribution in [3.8, 4) is 0 Å². The van der Waals surface area contributed by atoms with Gasteiger partial charge in [0.1, 0.15) is 0 Å². The Morgan fingerprint density at radius 3 is 2.56 bits per heavy atom. The number of aliphatic carboxylic acids is 1. The highest BCUT2D eigenvalue weighted by molar-refractivity contribution is 7.15. The SMILES string of the molecule is Cc1cc(C(=O)N(C)C)sc1C=CC(=O)O. The van der Waals surface area contributed by atoms with Crippen LogP contribution in [0, 0.1) is 6.92 Å². The number of carbonyl (C=O) groups excluding carboxylic acids is 1. The highest BCUT2D eigenvalue weighted by Crippen LogP contribution is 2.24. The normalized spacial score (nSPS) is 10.7. The molecule has 0 spiro atoms. The van der Waals surface area contributed by atoms with Crippen LogP contribution in [0.1, 0.15) is 20.1 Å². The van der Waals surface area contributed by atoms with Gasteiger partial charge in [0.05, 0.1) is 4.88 Å². The molecule has 1 aromatic heterocycles. The number of carboxylic acids is 1. The highest BCUT2D eigenvalue weighted by atomic mass is 32.1. The molecule has 0 unspecified atom stereocenters. The van der Waals surface area contributed by atoms with Gasteiger partial charge in [-0.1, -0.05) is 0 Å². The topological polar surface area (TPSA) is 57.6 Å². The predicted octanol–water partition coefficient (Wildman–Crippen LogP) is 1.86. The first-order chi connectivity index (χ1) is 7.41. The fourth-order valence-corrected chi connectivity index (χ4v) is 2.23. The number of thiophene rings is 1. The van der Waals surface area contributed by atoms with E-state index in [0.717, 1.165) is 16.5 Å². The standard InChI is InChI=1S/C11H13NO3S/c1-7-6-9(11(15)12(2)3)16-8(7)4-5-10(13)14/h4-6H,1-3H3,(H,13,14). The second-order valence-corrected chi connectivity index (χ2v) is 4.61. The van der Waals surface area contributed by atoms with Crippen molar-refractivity contribution in [1.29, 1.82) is 0 Å². The lowest BCUT2D eigenvalue weighted by Crippen LogP contribution is -2.20. The van der Waals surface area contributed by atoms with E-state index in [9.17, 15) is 9.59 Å². The summed E-state index contributed by atoms with van der Waals surface area (Å²) in [5, 5.41) is 8.51. The summed E-state index contributed by atoms with van der Waals surface area (Å²) in [6, 6.07) is 1.77. The van der Waals surface area contributed by atoms with E-state index >= 15 is 0 Å². The first kappa shape index (κ1) is 12.4. The van der Waals surface area contributed by atoms with Crippen LogP contribution in [0.15, 0.2) is 12.1 Å². The van der Waals surface area contributed by atoms with Crippen LogP contribution in [0.4, 0.5) is 0 Å². The smallest absolute Gasteiger partial charge is 0.328 e. The third kappa shape index (κ3) is 2.93. The van der Waals surface area contributed by atoms with Crippen molar-refractivity contribution in [3.05, 3.63) is 27.5 Å². The van der Waals surface area contributed by atoms with Gasteiger partial charge in [-0.25, -0.2) is 4.79 Å². The lowest BCUT2D eigenvalue weighted by molar-refractivity contribution is -0.131. The number of rotatable bonds is 3. The van der Waals surface area contributed by atoms with Crippen molar-refractivity contribution in [2.75, 3.05) is 14.1 Å². The van der Waals surface area contributed by atoms with Gasteiger partial charge in [0, 0.05) is 25.0 Å². The lowest BCUT2D eigenvalue weighted by Gasteiger charge is -2.06. The fourth-order valence-electron chi connectivity index (χ4n) is 1.13. The lowest BCUT2D eigenvalue weighted by atomic mass is 10.2. The van der Waals surface area contributed by atoms with Crippen LogP contribution in [0.25, 0.3) is 6.08 Å². The maximum absolute atomic E-state index is 11.6. The molecular weight excluding hydrogens is 226 g/mol. The van der Waals surface area contributed by atoms with E-state index in [1.54, 1.807) is 20.2 Å². The molecule has 4 nitrogen and oxygen atoms in total. The van der Waals surface area contributed by atoms with Crippen molar-refractivity contribution in [1.82, 2.24) is 4.90 Å². The van der Waals surface area contributed by atoms with Crippen LogP contribution in [0.2, 0.25) is 0 Å². The fraction of sp³-hybridized carbons (Fsp3) is 0.273. The molecule has 1 amide bonds. The van der Waals surface area contributed by atoms with Gasteiger partial charge in [0.2, 0.25) is 0 Å². The predicted molar refractivity (Wildman–Crippen MR) is 63.7 cm³/mol. The molecule has 0 saturated carbocycles. The number of carbonyl (C=O) groups is 2. The Kier molecular flexibility index (Phi) is 3.84. The average Bonchev–Trinajstić information content (AvgIpc) is 2.55. The van der Waals surface area contributed by atoms with E-state index in [0.29, 0.717) is 4.88 Å². The minimum atomic E-state index is -0.992. The molecule has 0 saturated heterocycles. The van der Waals surface area contributed by atoms with Gasteiger partial charge in [-0.15, -0.1) is 11.3 Å². The zero-order valence-corrected chi connectivity index (χ0v) is 10.2. The monoisotopic (exact) mass is 239 g/mol. The molecule has 86 valence electrons. The number of carboxylic acid groups (broad SMARTS) is 1. The van der Waals surface area contributed by atoms with Crippen molar-refractivity contribution < 1.29 is 14.7 Å². The van der Waals surface area contributed by atoms with Crippen molar-refractivity contribution >= 4 is 29.3 Å². The van der Waals surface area contributed by atoms with Crippen LogP contribution in [0.5, 0.6) is 0 Å². The van der Waals surface area contributed by atoms with Crippen molar-refractivity contribution in [2.45, 2.75) is 6.92 Å². The largest absolute Gasteiger partial charge is 0.478 e. The van der Waals surface area contributed by atoms with Crippen LogP contribution in [-0.4, -0.2) is 36.0 Å². The molecule has 1 heterocycles. The number of amides is 1. The van der Waals surface area contributed by atoms with Gasteiger partial charge in [-0.05, 0) is 24.6 Å². The Bertz CT molecular complexity index is 446. The Morgan fingerprint density at radius 2 is 2.06 bits per heavy atom. The molecule has 0 aliphatic rings. The number of aryl methyl sites for hydroxylation is 1. The molecule has 16 heavy (non-hydrogen) atoms. The van der Waals surface area contributed by atoms with Gasteiger partial charge in [-0.3, -0.25) is 4.79 Å². The van der Waals surface area contributed by atoms with Crippen molar-refractivity contribution in [2.24, 2.45) is 0 Å². The zero-order valence-electron chi connectivity index (χ0n) is 9.35. The molecule has 0 aromatic carbocycles. The van der Waals surface area contributed by atoms with Crippen molar-refractivity contribution in [3.63, 3.8) is 0 Å². The maximum Gasteiger partial charge on any atom is 0.328 e. The zero-order chi connectivity index (χ0) is 12.3. The van der Waals surface area contributed by atoms with Gasteiger partial charge < -0.3 is 10.0 Å². The summed E-state index contributed by atoms with van der Waals surface area (Å²) in [5.74, 6) is -1.06. The van der Waals surface area contributed by atoms with E-state index in [1.807, 2.05) is 6.92 Å².